The third-order valence-electron chi connectivity index (χ3n) is 2.99. The van der Waals surface area contributed by atoms with E-state index < -0.39 is 0 Å². The van der Waals surface area contributed by atoms with E-state index in [0.717, 1.165) is 19.4 Å². The van der Waals surface area contributed by atoms with Gasteiger partial charge in [-0.3, -0.25) is 0 Å². The topological polar surface area (TPSA) is 39.7 Å². The van der Waals surface area contributed by atoms with Crippen molar-refractivity contribution in [3.05, 3.63) is 0 Å². The molecule has 0 aromatic rings. The van der Waals surface area contributed by atoms with Crippen LogP contribution in [-0.2, 0) is 14.2 Å². The number of hydrogen-bond donors (Lipinski definition) is 1. The monoisotopic (exact) mass is 231 g/mol. The van der Waals surface area contributed by atoms with Gasteiger partial charge in [-0.05, 0) is 26.3 Å². The minimum atomic E-state index is 0.139. The Morgan fingerprint density at radius 2 is 2.12 bits per heavy atom. The van der Waals surface area contributed by atoms with E-state index >= 15 is 0 Å². The van der Waals surface area contributed by atoms with E-state index in [1.54, 1.807) is 14.2 Å². The summed E-state index contributed by atoms with van der Waals surface area (Å²) in [5.74, 6) is 0. The lowest BCUT2D eigenvalue weighted by Crippen LogP contribution is -2.60. The van der Waals surface area contributed by atoms with E-state index in [2.05, 4.69) is 12.2 Å². The molecule has 0 heterocycles. The Hall–Kier alpha value is -0.160. The van der Waals surface area contributed by atoms with Gasteiger partial charge in [-0.15, -0.1) is 0 Å². The minimum Gasteiger partial charge on any atom is -0.382 e. The highest BCUT2D eigenvalue weighted by Crippen LogP contribution is 2.27. The van der Waals surface area contributed by atoms with Crippen LogP contribution in [0.4, 0.5) is 0 Å². The molecular formula is C12H25NO3. The van der Waals surface area contributed by atoms with Gasteiger partial charge in [0.2, 0.25) is 0 Å². The lowest BCUT2D eigenvalue weighted by molar-refractivity contribution is -0.161. The molecule has 0 aromatic heterocycles. The van der Waals surface area contributed by atoms with Crippen LogP contribution in [0.3, 0.4) is 0 Å². The fraction of sp³-hybridized carbons (Fsp3) is 1.00. The van der Waals surface area contributed by atoms with Crippen LogP contribution >= 0.6 is 0 Å². The molecule has 1 fully saturated rings. The van der Waals surface area contributed by atoms with Gasteiger partial charge in [-0.25, -0.2) is 0 Å². The Morgan fingerprint density at radius 1 is 1.38 bits per heavy atom. The summed E-state index contributed by atoms with van der Waals surface area (Å²) in [5, 5.41) is 3.47. The van der Waals surface area contributed by atoms with Gasteiger partial charge in [0.25, 0.3) is 0 Å². The van der Waals surface area contributed by atoms with Crippen LogP contribution in [0.5, 0.6) is 0 Å². The van der Waals surface area contributed by atoms with E-state index in [0.29, 0.717) is 12.6 Å². The third-order valence-corrected chi connectivity index (χ3v) is 2.99. The van der Waals surface area contributed by atoms with Gasteiger partial charge in [0, 0.05) is 20.3 Å². The zero-order valence-electron chi connectivity index (χ0n) is 10.9. The van der Waals surface area contributed by atoms with Gasteiger partial charge < -0.3 is 19.5 Å². The summed E-state index contributed by atoms with van der Waals surface area (Å²) < 4.78 is 16.4. The van der Waals surface area contributed by atoms with Gasteiger partial charge >= 0.3 is 0 Å². The average Bonchev–Trinajstić information content (AvgIpc) is 2.23. The molecule has 0 aromatic carbocycles. The van der Waals surface area contributed by atoms with Crippen molar-refractivity contribution in [2.24, 2.45) is 0 Å². The van der Waals surface area contributed by atoms with Crippen LogP contribution in [-0.4, -0.2) is 51.7 Å². The molecule has 0 aliphatic heterocycles. The average molecular weight is 231 g/mol. The normalized spacial score (nSPS) is 31.1. The summed E-state index contributed by atoms with van der Waals surface area (Å²) >= 11 is 0. The molecule has 4 nitrogen and oxygen atoms in total. The number of hydrogen-bond acceptors (Lipinski definition) is 4. The quantitative estimate of drug-likeness (QED) is 0.681. The van der Waals surface area contributed by atoms with E-state index in [9.17, 15) is 0 Å². The van der Waals surface area contributed by atoms with Crippen LogP contribution in [0.15, 0.2) is 0 Å². The van der Waals surface area contributed by atoms with Gasteiger partial charge in [-0.1, -0.05) is 6.92 Å². The number of rotatable bonds is 8. The first-order valence-electron chi connectivity index (χ1n) is 6.13. The standard InChI is InChI=1S/C12H25NO3/c1-5-6-13-10-7-11(12(10)15-4)16-9(2)8-14-3/h9-13H,5-8H2,1-4H3. The molecule has 1 saturated carbocycles. The Bertz CT molecular complexity index is 189. The zero-order valence-corrected chi connectivity index (χ0v) is 10.9. The fourth-order valence-electron chi connectivity index (χ4n) is 2.13. The van der Waals surface area contributed by atoms with Crippen molar-refractivity contribution >= 4 is 0 Å². The van der Waals surface area contributed by atoms with Crippen LogP contribution in [0.2, 0.25) is 0 Å². The maximum atomic E-state index is 5.85. The second-order valence-corrected chi connectivity index (χ2v) is 4.44. The van der Waals surface area contributed by atoms with E-state index in [-0.39, 0.29) is 18.3 Å². The molecule has 1 rings (SSSR count). The molecule has 1 aliphatic rings. The smallest absolute Gasteiger partial charge is 0.0987 e. The molecule has 1 aliphatic carbocycles. The van der Waals surface area contributed by atoms with Crippen molar-refractivity contribution in [1.82, 2.24) is 5.32 Å². The summed E-state index contributed by atoms with van der Waals surface area (Å²) in [4.78, 5) is 0. The van der Waals surface area contributed by atoms with Crippen molar-refractivity contribution < 1.29 is 14.2 Å². The molecule has 0 bridgehead atoms. The van der Waals surface area contributed by atoms with E-state index in [1.807, 2.05) is 6.92 Å². The number of nitrogens with one attached hydrogen (secondary N) is 1. The molecule has 4 unspecified atom stereocenters. The highest BCUT2D eigenvalue weighted by Gasteiger charge is 2.42. The molecule has 0 amide bonds. The molecule has 0 radical (unpaired) electrons. The molecule has 96 valence electrons. The SMILES string of the molecule is CCCNC1CC(OC(C)COC)C1OC. The maximum absolute atomic E-state index is 5.85. The first kappa shape index (κ1) is 13.9. The van der Waals surface area contributed by atoms with Crippen molar-refractivity contribution in [1.29, 1.82) is 0 Å². The molecule has 4 heteroatoms. The molecule has 4 atom stereocenters. The highest BCUT2D eigenvalue weighted by molar-refractivity contribution is 4.97. The van der Waals surface area contributed by atoms with Crippen molar-refractivity contribution in [2.45, 2.75) is 51.0 Å². The molecule has 0 spiro atoms. The van der Waals surface area contributed by atoms with Gasteiger partial charge in [0.05, 0.1) is 24.9 Å². The van der Waals surface area contributed by atoms with Crippen LogP contribution < -0.4 is 5.32 Å². The summed E-state index contributed by atoms with van der Waals surface area (Å²) in [6.45, 7) is 5.88. The second-order valence-electron chi connectivity index (χ2n) is 4.44. The summed E-state index contributed by atoms with van der Waals surface area (Å²) in [7, 11) is 3.45. The Balaban J connectivity index is 2.25. The summed E-state index contributed by atoms with van der Waals surface area (Å²) in [5.41, 5.74) is 0. The molecule has 0 saturated heterocycles. The van der Waals surface area contributed by atoms with Gasteiger partial charge in [-0.2, -0.15) is 0 Å². The molecule has 16 heavy (non-hydrogen) atoms. The van der Waals surface area contributed by atoms with Crippen molar-refractivity contribution in [3.63, 3.8) is 0 Å². The highest BCUT2D eigenvalue weighted by atomic mass is 16.6. The largest absolute Gasteiger partial charge is 0.382 e. The minimum absolute atomic E-state index is 0.139. The van der Waals surface area contributed by atoms with Crippen LogP contribution in [0.1, 0.15) is 26.7 Å². The van der Waals surface area contributed by atoms with E-state index in [1.165, 1.54) is 0 Å². The predicted octanol–water partition coefficient (Wildman–Crippen LogP) is 1.19. The maximum Gasteiger partial charge on any atom is 0.0987 e. The first-order valence-corrected chi connectivity index (χ1v) is 6.13. The lowest BCUT2D eigenvalue weighted by atomic mass is 9.85. The van der Waals surface area contributed by atoms with E-state index in [4.69, 9.17) is 14.2 Å². The van der Waals surface area contributed by atoms with Crippen LogP contribution in [0.25, 0.3) is 0 Å². The summed E-state index contributed by atoms with van der Waals surface area (Å²) in [6, 6.07) is 0.449. The third kappa shape index (κ3) is 3.70. The Labute approximate surface area is 98.6 Å². The Kier molecular flexibility index (Phi) is 6.28. The van der Waals surface area contributed by atoms with Gasteiger partial charge in [0.1, 0.15) is 0 Å². The number of ether oxygens (including phenoxy) is 3. The van der Waals surface area contributed by atoms with Crippen LogP contribution in [0, 0.1) is 0 Å². The lowest BCUT2D eigenvalue weighted by Gasteiger charge is -2.44. The summed E-state index contributed by atoms with van der Waals surface area (Å²) in [6.07, 6.45) is 2.72. The fourth-order valence-corrected chi connectivity index (χ4v) is 2.13. The number of methoxy groups -OCH3 is 2. The Morgan fingerprint density at radius 3 is 2.69 bits per heavy atom. The van der Waals surface area contributed by atoms with Gasteiger partial charge in [0.15, 0.2) is 0 Å². The van der Waals surface area contributed by atoms with Crippen molar-refractivity contribution in [3.8, 4) is 0 Å². The second kappa shape index (κ2) is 7.22. The first-order chi connectivity index (χ1) is 7.72. The molecule has 1 N–H and O–H groups in total. The zero-order chi connectivity index (χ0) is 12.0. The predicted molar refractivity (Wildman–Crippen MR) is 63.7 cm³/mol. The van der Waals surface area contributed by atoms with Crippen molar-refractivity contribution in [2.75, 3.05) is 27.4 Å². The molecular weight excluding hydrogens is 206 g/mol.